The number of nitrogens with zero attached hydrogens (tertiary/aromatic N) is 1. The van der Waals surface area contributed by atoms with Crippen molar-refractivity contribution < 1.29 is 13.4 Å². The lowest BCUT2D eigenvalue weighted by Crippen LogP contribution is -2.20. The second kappa shape index (κ2) is 7.21. The fourth-order valence-corrected chi connectivity index (χ4v) is 4.96. The van der Waals surface area contributed by atoms with Crippen molar-refractivity contribution in [3.8, 4) is 11.1 Å². The monoisotopic (exact) mass is 431 g/mol. The molecule has 2 nitrogen and oxygen atoms in total. The molecule has 3 heteroatoms. The Balaban J connectivity index is 1.66. The minimum atomic E-state index is -0.208. The van der Waals surface area contributed by atoms with E-state index in [4.69, 9.17) is 4.42 Å². The summed E-state index contributed by atoms with van der Waals surface area (Å²) in [5.41, 5.74) is 7.29. The summed E-state index contributed by atoms with van der Waals surface area (Å²) in [4.78, 5) is 0. The van der Waals surface area contributed by atoms with Crippen molar-refractivity contribution in [2.75, 3.05) is 0 Å². The van der Waals surface area contributed by atoms with Crippen LogP contribution in [0.5, 0.6) is 0 Å². The summed E-state index contributed by atoms with van der Waals surface area (Å²) < 4.78 is 22.5. The normalized spacial score (nSPS) is 13.2. The van der Waals surface area contributed by atoms with Crippen LogP contribution in [-0.4, -0.2) is 11.3 Å². The Morgan fingerprint density at radius 1 is 0.909 bits per heavy atom. The Kier molecular flexibility index (Phi) is 4.27. The molecule has 0 saturated heterocycles. The highest BCUT2D eigenvalue weighted by Gasteiger charge is 2.28. The highest BCUT2D eigenvalue weighted by molar-refractivity contribution is 5.98. The van der Waals surface area contributed by atoms with Gasteiger partial charge in [0.15, 0.2) is 6.04 Å². The van der Waals surface area contributed by atoms with Crippen molar-refractivity contribution in [3.63, 3.8) is 0 Å². The molecule has 1 aromatic heterocycles. The number of halogens is 1. The SMILES string of the molecule is C=[N+]1C=Cc2c(ccc3c(F)cccc23)[C-]1c1cc(-c2ccccc2)c2[o+][c-](C)cc2c1C. The van der Waals surface area contributed by atoms with Crippen LogP contribution < -0.4 is 0 Å². The number of hydrogen-bond donors (Lipinski definition) is 0. The van der Waals surface area contributed by atoms with E-state index < -0.39 is 0 Å². The molecule has 0 bridgehead atoms. The van der Waals surface area contributed by atoms with Crippen LogP contribution in [0.15, 0.2) is 83.4 Å². The van der Waals surface area contributed by atoms with Crippen LogP contribution >= 0.6 is 0 Å². The van der Waals surface area contributed by atoms with E-state index in [1.807, 2.05) is 60.2 Å². The van der Waals surface area contributed by atoms with Crippen molar-refractivity contribution in [1.82, 2.24) is 0 Å². The van der Waals surface area contributed by atoms with E-state index in [1.165, 1.54) is 6.07 Å². The lowest BCUT2D eigenvalue weighted by Gasteiger charge is -2.28. The van der Waals surface area contributed by atoms with Crippen LogP contribution in [0.2, 0.25) is 0 Å². The van der Waals surface area contributed by atoms with Gasteiger partial charge in [-0.25, -0.2) is 8.97 Å². The standard InChI is InChI=1S/C30H22FNO/c1-18-16-26-19(2)25(17-27(30(26)33-18)20-8-5-4-6-9-20)29-24-13-12-23-21(10-7-11-28(23)31)22(24)14-15-32(29)3/h4-17H,3H2,1-2H3. The predicted molar refractivity (Wildman–Crippen MR) is 133 cm³/mol. The third-order valence-corrected chi connectivity index (χ3v) is 6.55. The molecule has 0 radical (unpaired) electrons. The molecule has 0 unspecified atom stereocenters. The molecule has 0 saturated carbocycles. The summed E-state index contributed by atoms with van der Waals surface area (Å²) in [6, 6.07) is 24.7. The van der Waals surface area contributed by atoms with E-state index in [2.05, 4.69) is 37.9 Å². The van der Waals surface area contributed by atoms with Crippen molar-refractivity contribution in [1.29, 1.82) is 0 Å². The van der Waals surface area contributed by atoms with Crippen LogP contribution in [0.25, 0.3) is 38.9 Å². The molecule has 0 aliphatic carbocycles. The predicted octanol–water partition coefficient (Wildman–Crippen LogP) is 7.63. The molecule has 1 aliphatic rings. The van der Waals surface area contributed by atoms with Crippen LogP contribution in [0.4, 0.5) is 4.39 Å². The average molecular weight is 432 g/mol. The largest absolute Gasteiger partial charge is 0.341 e. The van der Waals surface area contributed by atoms with Crippen molar-refractivity contribution in [2.24, 2.45) is 0 Å². The molecule has 4 aromatic carbocycles. The van der Waals surface area contributed by atoms with Gasteiger partial charge in [0.1, 0.15) is 12.0 Å². The first kappa shape index (κ1) is 19.6. The number of aryl methyl sites for hydroxylation is 2. The molecule has 0 N–H and O–H groups in total. The maximum Gasteiger partial charge on any atom is 0.213 e. The van der Waals surface area contributed by atoms with Crippen molar-refractivity contribution in [3.05, 3.63) is 119 Å². The molecule has 160 valence electrons. The zero-order valence-electron chi connectivity index (χ0n) is 18.5. The topological polar surface area (TPSA) is 14.3 Å². The van der Waals surface area contributed by atoms with E-state index >= 15 is 0 Å². The van der Waals surface area contributed by atoms with Crippen LogP contribution in [-0.2, 0) is 0 Å². The zero-order chi connectivity index (χ0) is 22.7. The van der Waals surface area contributed by atoms with Gasteiger partial charge in [-0.3, -0.25) is 0 Å². The summed E-state index contributed by atoms with van der Waals surface area (Å²) >= 11 is 0. The van der Waals surface area contributed by atoms with Gasteiger partial charge in [0, 0.05) is 12.3 Å². The highest BCUT2D eigenvalue weighted by atomic mass is 19.1. The third-order valence-electron chi connectivity index (χ3n) is 6.55. The van der Waals surface area contributed by atoms with Gasteiger partial charge >= 0.3 is 0 Å². The minimum absolute atomic E-state index is 0.208. The summed E-state index contributed by atoms with van der Waals surface area (Å²) in [5, 5.41) is 2.61. The summed E-state index contributed by atoms with van der Waals surface area (Å²) in [6.45, 7) is 8.40. The lowest BCUT2D eigenvalue weighted by atomic mass is 9.84. The molecule has 0 spiro atoms. The van der Waals surface area contributed by atoms with Gasteiger partial charge in [0.25, 0.3) is 0 Å². The third kappa shape index (κ3) is 2.93. The van der Waals surface area contributed by atoms with E-state index in [9.17, 15) is 4.39 Å². The Morgan fingerprint density at radius 2 is 1.73 bits per heavy atom. The van der Waals surface area contributed by atoms with Crippen molar-refractivity contribution >= 4 is 34.5 Å². The number of hydrogen-bond acceptors (Lipinski definition) is 0. The maximum atomic E-state index is 14.5. The van der Waals surface area contributed by atoms with Crippen molar-refractivity contribution in [2.45, 2.75) is 13.8 Å². The van der Waals surface area contributed by atoms with Gasteiger partial charge in [-0.2, -0.15) is 0 Å². The number of fused-ring (bicyclic) bond motifs is 4. The molecular formula is C30H22FNO. The minimum Gasteiger partial charge on any atom is -0.341 e. The Hall–Kier alpha value is -4.11. The fourth-order valence-electron chi connectivity index (χ4n) is 4.96. The van der Waals surface area contributed by atoms with E-state index in [0.29, 0.717) is 5.39 Å². The van der Waals surface area contributed by atoms with Gasteiger partial charge in [-0.1, -0.05) is 79.0 Å². The maximum absolute atomic E-state index is 14.5. The van der Waals surface area contributed by atoms with Gasteiger partial charge in [0.2, 0.25) is 11.3 Å². The average Bonchev–Trinajstić information content (AvgIpc) is 3.22. The quantitative estimate of drug-likeness (QED) is 0.159. The number of benzene rings is 4. The smallest absolute Gasteiger partial charge is 0.213 e. The van der Waals surface area contributed by atoms with Gasteiger partial charge in [-0.15, -0.1) is 5.56 Å². The first-order valence-electron chi connectivity index (χ1n) is 11.0. The molecular weight excluding hydrogens is 409 g/mol. The highest BCUT2D eigenvalue weighted by Crippen LogP contribution is 2.42. The van der Waals surface area contributed by atoms with Crippen LogP contribution in [0.3, 0.4) is 0 Å². The summed E-state index contributed by atoms with van der Waals surface area (Å²) in [6.07, 6.45) is 3.97. The Morgan fingerprint density at radius 3 is 2.55 bits per heavy atom. The number of furan rings is 1. The Bertz CT molecular complexity index is 1610. The Labute approximate surface area is 191 Å². The summed E-state index contributed by atoms with van der Waals surface area (Å²) in [7, 11) is 0. The van der Waals surface area contributed by atoms with Gasteiger partial charge in [0.05, 0.1) is 6.72 Å². The molecule has 2 heterocycles. The molecule has 33 heavy (non-hydrogen) atoms. The van der Waals surface area contributed by atoms with E-state index in [0.717, 1.165) is 61.5 Å². The van der Waals surface area contributed by atoms with Gasteiger partial charge < -0.3 is 4.42 Å². The molecule has 6 rings (SSSR count). The molecule has 5 aromatic rings. The second-order valence-electron chi connectivity index (χ2n) is 8.56. The summed E-state index contributed by atoms with van der Waals surface area (Å²) in [5.74, 6) is 0.671. The van der Waals surface area contributed by atoms with E-state index in [-0.39, 0.29) is 5.82 Å². The number of rotatable bonds is 2. The molecule has 1 aliphatic heterocycles. The second-order valence-corrected chi connectivity index (χ2v) is 8.56. The zero-order valence-corrected chi connectivity index (χ0v) is 18.5. The molecule has 0 fully saturated rings. The van der Waals surface area contributed by atoms with Crippen LogP contribution in [0.1, 0.15) is 28.0 Å². The lowest BCUT2D eigenvalue weighted by molar-refractivity contribution is -0.418. The first-order valence-corrected chi connectivity index (χ1v) is 11.0. The molecule has 0 amide bonds. The van der Waals surface area contributed by atoms with Crippen LogP contribution in [0, 0.1) is 25.7 Å². The first-order chi connectivity index (χ1) is 16.0. The van der Waals surface area contributed by atoms with E-state index in [1.54, 1.807) is 6.07 Å². The fraction of sp³-hybridized carbons (Fsp3) is 0.0667. The molecule has 0 atom stereocenters. The van der Waals surface area contributed by atoms with Gasteiger partial charge in [-0.05, 0) is 45.3 Å².